The highest BCUT2D eigenvalue weighted by Gasteiger charge is 2.26. The molecule has 7 heteroatoms. The van der Waals surface area contributed by atoms with Crippen LogP contribution in [0.3, 0.4) is 0 Å². The van der Waals surface area contributed by atoms with Gasteiger partial charge < -0.3 is 14.5 Å². The second-order valence-electron chi connectivity index (χ2n) is 5.80. The Balaban J connectivity index is 1.98. The van der Waals surface area contributed by atoms with Crippen LogP contribution in [0.1, 0.15) is 6.42 Å². The van der Waals surface area contributed by atoms with Crippen molar-refractivity contribution in [1.29, 1.82) is 0 Å². The van der Waals surface area contributed by atoms with Gasteiger partial charge in [-0.25, -0.2) is 0 Å². The molecule has 1 unspecified atom stereocenters. The largest absolute Gasteiger partial charge is 0.482 e. The lowest BCUT2D eigenvalue weighted by Crippen LogP contribution is -2.48. The monoisotopic (exact) mass is 376 g/mol. The fourth-order valence-corrected chi connectivity index (χ4v) is 4.07. The van der Waals surface area contributed by atoms with E-state index in [-0.39, 0.29) is 18.6 Å². The van der Waals surface area contributed by atoms with Gasteiger partial charge in [0.2, 0.25) is 0 Å². The highest BCUT2D eigenvalue weighted by molar-refractivity contribution is 7.99. The minimum Gasteiger partial charge on any atom is -0.482 e. The van der Waals surface area contributed by atoms with Crippen molar-refractivity contribution in [3.8, 4) is 5.75 Å². The number of hydrogen-bond donors (Lipinski definition) is 0. The van der Waals surface area contributed by atoms with Crippen molar-refractivity contribution >= 4 is 40.9 Å². The summed E-state index contributed by atoms with van der Waals surface area (Å²) >= 11 is 13.9. The fraction of sp³-hybridized carbons (Fsp3) is 0.562. The molecule has 1 fully saturated rings. The predicted octanol–water partition coefficient (Wildman–Crippen LogP) is 3.27. The Bertz CT molecular complexity index is 543. The number of hydrogen-bond acceptors (Lipinski definition) is 4. The van der Waals surface area contributed by atoms with E-state index in [4.69, 9.17) is 27.9 Å². The number of likely N-dealkylation sites (N-methyl/N-ethyl adjacent to an activating group) is 1. The number of thioether (sulfide) groups is 1. The number of rotatable bonds is 5. The van der Waals surface area contributed by atoms with Gasteiger partial charge in [0.1, 0.15) is 5.75 Å². The van der Waals surface area contributed by atoms with Gasteiger partial charge in [0.15, 0.2) is 6.61 Å². The number of amides is 1. The minimum absolute atomic E-state index is 0.00402. The summed E-state index contributed by atoms with van der Waals surface area (Å²) in [6.45, 7) is 1.64. The van der Waals surface area contributed by atoms with E-state index in [1.165, 1.54) is 0 Å². The Labute approximate surface area is 152 Å². The first-order valence-electron chi connectivity index (χ1n) is 7.57. The van der Waals surface area contributed by atoms with Gasteiger partial charge in [-0.3, -0.25) is 4.79 Å². The summed E-state index contributed by atoms with van der Waals surface area (Å²) in [5.41, 5.74) is 0. The van der Waals surface area contributed by atoms with Crippen LogP contribution in [0.5, 0.6) is 5.75 Å². The molecule has 0 spiro atoms. The fourth-order valence-electron chi connectivity index (χ4n) is 2.54. The summed E-state index contributed by atoms with van der Waals surface area (Å²) in [4.78, 5) is 16.7. The van der Waals surface area contributed by atoms with E-state index < -0.39 is 0 Å². The van der Waals surface area contributed by atoms with E-state index in [1.54, 1.807) is 18.2 Å². The maximum Gasteiger partial charge on any atom is 0.260 e. The van der Waals surface area contributed by atoms with Crippen molar-refractivity contribution in [3.63, 3.8) is 0 Å². The third-order valence-electron chi connectivity index (χ3n) is 3.58. The smallest absolute Gasteiger partial charge is 0.260 e. The van der Waals surface area contributed by atoms with Crippen LogP contribution in [0.15, 0.2) is 18.2 Å². The zero-order chi connectivity index (χ0) is 16.8. The van der Waals surface area contributed by atoms with E-state index in [2.05, 4.69) is 4.90 Å². The Kier molecular flexibility index (Phi) is 7.34. The Morgan fingerprint density at radius 1 is 1.43 bits per heavy atom. The van der Waals surface area contributed by atoms with Crippen molar-refractivity contribution in [3.05, 3.63) is 28.2 Å². The van der Waals surface area contributed by atoms with E-state index in [1.807, 2.05) is 30.8 Å². The van der Waals surface area contributed by atoms with Crippen molar-refractivity contribution < 1.29 is 9.53 Å². The summed E-state index contributed by atoms with van der Waals surface area (Å²) in [6, 6.07) is 5.22. The molecule has 1 saturated heterocycles. The molecule has 0 aliphatic carbocycles. The molecule has 0 bridgehead atoms. The van der Waals surface area contributed by atoms with Gasteiger partial charge in [-0.1, -0.05) is 23.2 Å². The van der Waals surface area contributed by atoms with Crippen LogP contribution < -0.4 is 4.74 Å². The molecule has 1 heterocycles. The van der Waals surface area contributed by atoms with Gasteiger partial charge in [0.25, 0.3) is 5.91 Å². The van der Waals surface area contributed by atoms with Crippen LogP contribution in [0.4, 0.5) is 0 Å². The molecule has 0 radical (unpaired) electrons. The lowest BCUT2D eigenvalue weighted by atomic mass is 10.2. The van der Waals surface area contributed by atoms with Crippen molar-refractivity contribution in [2.24, 2.45) is 0 Å². The number of nitrogens with zero attached hydrogens (tertiary/aromatic N) is 2. The second-order valence-corrected chi connectivity index (χ2v) is 7.79. The molecule has 1 atom stereocenters. The summed E-state index contributed by atoms with van der Waals surface area (Å²) in [7, 11) is 4.06. The predicted molar refractivity (Wildman–Crippen MR) is 98.0 cm³/mol. The molecule has 1 amide bonds. The van der Waals surface area contributed by atoms with Crippen LogP contribution >= 0.6 is 35.0 Å². The summed E-state index contributed by atoms with van der Waals surface area (Å²) in [6.07, 6.45) is 1.02. The van der Waals surface area contributed by atoms with E-state index in [0.717, 1.165) is 31.0 Å². The molecule has 23 heavy (non-hydrogen) atoms. The molecule has 2 rings (SSSR count). The number of benzene rings is 1. The third kappa shape index (κ3) is 5.75. The molecule has 1 aliphatic heterocycles. The van der Waals surface area contributed by atoms with Gasteiger partial charge in [-0.05, 0) is 44.5 Å². The highest BCUT2D eigenvalue weighted by Crippen LogP contribution is 2.27. The third-order valence-corrected chi connectivity index (χ3v) is 5.31. The molecule has 1 aromatic rings. The number of carbonyl (C=O) groups is 1. The average molecular weight is 377 g/mol. The molecule has 1 aromatic carbocycles. The SMILES string of the molecule is CN(C)CC1CSCCCN1C(=O)COc1ccc(Cl)cc1Cl. The highest BCUT2D eigenvalue weighted by atomic mass is 35.5. The van der Waals surface area contributed by atoms with Crippen molar-refractivity contribution in [2.45, 2.75) is 12.5 Å². The quantitative estimate of drug-likeness (QED) is 0.789. The maximum absolute atomic E-state index is 12.6. The maximum atomic E-state index is 12.6. The van der Waals surface area contributed by atoms with Crippen LogP contribution in [-0.4, -0.2) is 67.0 Å². The first-order valence-corrected chi connectivity index (χ1v) is 9.48. The Morgan fingerprint density at radius 2 is 2.22 bits per heavy atom. The zero-order valence-corrected chi connectivity index (χ0v) is 15.8. The van der Waals surface area contributed by atoms with Gasteiger partial charge >= 0.3 is 0 Å². The van der Waals surface area contributed by atoms with Crippen LogP contribution in [-0.2, 0) is 4.79 Å². The lowest BCUT2D eigenvalue weighted by molar-refractivity contribution is -0.135. The molecule has 0 aromatic heterocycles. The van der Waals surface area contributed by atoms with E-state index >= 15 is 0 Å². The minimum atomic E-state index is -0.00402. The zero-order valence-electron chi connectivity index (χ0n) is 13.4. The summed E-state index contributed by atoms with van der Waals surface area (Å²) in [5, 5.41) is 0.964. The lowest BCUT2D eigenvalue weighted by Gasteiger charge is -2.31. The molecule has 1 aliphatic rings. The number of ether oxygens (including phenoxy) is 1. The van der Waals surface area contributed by atoms with E-state index in [9.17, 15) is 4.79 Å². The van der Waals surface area contributed by atoms with Gasteiger partial charge in [0.05, 0.1) is 11.1 Å². The molecular weight excluding hydrogens is 355 g/mol. The van der Waals surface area contributed by atoms with E-state index in [0.29, 0.717) is 15.8 Å². The average Bonchev–Trinajstić information content (AvgIpc) is 2.71. The topological polar surface area (TPSA) is 32.8 Å². The first-order chi connectivity index (χ1) is 11.0. The number of halogens is 2. The second kappa shape index (κ2) is 9.02. The standard InChI is InChI=1S/C16H22Cl2N2O2S/c1-19(2)9-13-11-23-7-3-6-20(13)16(21)10-22-15-5-4-12(17)8-14(15)18/h4-5,8,13H,3,6-7,9-11H2,1-2H3. The molecule has 128 valence electrons. The van der Waals surface area contributed by atoms with Gasteiger partial charge in [-0.15, -0.1) is 0 Å². The van der Waals surface area contributed by atoms with Gasteiger partial charge in [-0.2, -0.15) is 11.8 Å². The molecule has 0 saturated carbocycles. The number of carbonyl (C=O) groups excluding carboxylic acids is 1. The molecular formula is C16H22Cl2N2O2S. The summed E-state index contributed by atoms with van der Waals surface area (Å²) < 4.78 is 5.60. The Hall–Kier alpha value is -0.620. The molecule has 0 N–H and O–H groups in total. The van der Waals surface area contributed by atoms with Crippen LogP contribution in [0.25, 0.3) is 0 Å². The molecule has 4 nitrogen and oxygen atoms in total. The van der Waals surface area contributed by atoms with Gasteiger partial charge in [0, 0.05) is 23.9 Å². The van der Waals surface area contributed by atoms with Crippen LogP contribution in [0.2, 0.25) is 10.0 Å². The summed E-state index contributed by atoms with van der Waals surface area (Å²) in [5.74, 6) is 2.55. The van der Waals surface area contributed by atoms with Crippen molar-refractivity contribution in [2.75, 3.05) is 45.3 Å². The van der Waals surface area contributed by atoms with Crippen LogP contribution in [0, 0.1) is 0 Å². The normalized spacial score (nSPS) is 18.8. The van der Waals surface area contributed by atoms with Crippen molar-refractivity contribution in [1.82, 2.24) is 9.80 Å². The Morgan fingerprint density at radius 3 is 2.91 bits per heavy atom. The first kappa shape index (κ1) is 18.7.